The van der Waals surface area contributed by atoms with Crippen molar-refractivity contribution in [3.63, 3.8) is 0 Å². The zero-order chi connectivity index (χ0) is 22.9. The summed E-state index contributed by atoms with van der Waals surface area (Å²) in [4.78, 5) is 20.8. The minimum atomic E-state index is -0.0742. The number of nitrogens with one attached hydrogen (secondary N) is 1. The van der Waals surface area contributed by atoms with Crippen LogP contribution in [-0.2, 0) is 13.1 Å². The van der Waals surface area contributed by atoms with Crippen molar-refractivity contribution in [1.82, 2.24) is 19.8 Å². The van der Waals surface area contributed by atoms with E-state index in [2.05, 4.69) is 54.6 Å². The van der Waals surface area contributed by atoms with Crippen molar-refractivity contribution in [2.45, 2.75) is 72.5 Å². The minimum absolute atomic E-state index is 0.0419. The SMILES string of the molecule is CC(C)(C)C(NC(=O)c1nc(-c2ccccc2)n2c1CN(CCO)CC2)C1(C)CCCC1. The predicted molar refractivity (Wildman–Crippen MR) is 127 cm³/mol. The maximum atomic E-state index is 13.7. The molecule has 1 fully saturated rings. The Hall–Kier alpha value is -2.18. The number of carbonyl (C=O) groups excluding carboxylic acids is 1. The molecule has 6 nitrogen and oxygen atoms in total. The summed E-state index contributed by atoms with van der Waals surface area (Å²) in [6.45, 7) is 12.0. The van der Waals surface area contributed by atoms with E-state index >= 15 is 0 Å². The van der Waals surface area contributed by atoms with Crippen LogP contribution in [0.5, 0.6) is 0 Å². The van der Waals surface area contributed by atoms with Crippen LogP contribution < -0.4 is 5.32 Å². The third-order valence-corrected chi connectivity index (χ3v) is 7.33. The number of aromatic nitrogens is 2. The van der Waals surface area contributed by atoms with E-state index in [9.17, 15) is 9.90 Å². The van der Waals surface area contributed by atoms with Crippen molar-refractivity contribution in [3.8, 4) is 11.4 Å². The van der Waals surface area contributed by atoms with Gasteiger partial charge in [-0.2, -0.15) is 0 Å². The molecule has 0 radical (unpaired) electrons. The van der Waals surface area contributed by atoms with Crippen LogP contribution in [-0.4, -0.2) is 51.2 Å². The highest BCUT2D eigenvalue weighted by Gasteiger charge is 2.44. The number of rotatable bonds is 6. The van der Waals surface area contributed by atoms with Gasteiger partial charge in [0.15, 0.2) is 5.69 Å². The van der Waals surface area contributed by atoms with Gasteiger partial charge < -0.3 is 15.0 Å². The fraction of sp³-hybridized carbons (Fsp3) is 0.615. The standard InChI is InChI=1S/C26H38N4O2/c1-25(2,3)24(26(4)12-8-9-13-26)28-23(32)21-20-18-29(16-17-31)14-15-30(20)22(27-21)19-10-6-5-7-11-19/h5-7,10-11,24,31H,8-9,12-18H2,1-4H3,(H,28,32). The fourth-order valence-corrected chi connectivity index (χ4v) is 5.85. The first kappa shape index (κ1) is 23.0. The summed E-state index contributed by atoms with van der Waals surface area (Å²) in [5.41, 5.74) is 2.57. The summed E-state index contributed by atoms with van der Waals surface area (Å²) < 4.78 is 2.20. The maximum absolute atomic E-state index is 13.7. The Morgan fingerprint density at radius 2 is 1.88 bits per heavy atom. The number of aliphatic hydroxyl groups is 1. The summed E-state index contributed by atoms with van der Waals surface area (Å²) in [6, 6.07) is 10.2. The van der Waals surface area contributed by atoms with Gasteiger partial charge in [-0.15, -0.1) is 0 Å². The molecule has 1 saturated carbocycles. The molecule has 2 heterocycles. The molecular weight excluding hydrogens is 400 g/mol. The molecule has 1 unspecified atom stereocenters. The average molecular weight is 439 g/mol. The quantitative estimate of drug-likeness (QED) is 0.713. The van der Waals surface area contributed by atoms with Crippen molar-refractivity contribution in [2.75, 3.05) is 19.7 Å². The number of fused-ring (bicyclic) bond motifs is 1. The van der Waals surface area contributed by atoms with E-state index in [1.54, 1.807) is 0 Å². The van der Waals surface area contributed by atoms with Gasteiger partial charge in [0.2, 0.25) is 0 Å². The van der Waals surface area contributed by atoms with Crippen LogP contribution >= 0.6 is 0 Å². The normalized spacial score (nSPS) is 19.5. The Kier molecular flexibility index (Phi) is 6.46. The zero-order valence-corrected chi connectivity index (χ0v) is 20.0. The molecule has 174 valence electrons. The van der Waals surface area contributed by atoms with Gasteiger partial charge in [-0.3, -0.25) is 9.69 Å². The van der Waals surface area contributed by atoms with Gasteiger partial charge in [-0.25, -0.2) is 4.98 Å². The van der Waals surface area contributed by atoms with Crippen molar-refractivity contribution in [1.29, 1.82) is 0 Å². The fourth-order valence-electron chi connectivity index (χ4n) is 5.85. The van der Waals surface area contributed by atoms with Gasteiger partial charge in [0.1, 0.15) is 5.82 Å². The van der Waals surface area contributed by atoms with Gasteiger partial charge in [0.05, 0.1) is 12.3 Å². The molecule has 4 rings (SSSR count). The molecule has 32 heavy (non-hydrogen) atoms. The predicted octanol–water partition coefficient (Wildman–Crippen LogP) is 4.08. The molecule has 1 amide bonds. The number of aliphatic hydroxyl groups excluding tert-OH is 1. The van der Waals surface area contributed by atoms with Crippen LogP contribution in [0.15, 0.2) is 30.3 Å². The van der Waals surface area contributed by atoms with Crippen LogP contribution in [0.1, 0.15) is 69.6 Å². The van der Waals surface area contributed by atoms with E-state index in [1.165, 1.54) is 12.8 Å². The molecule has 0 saturated heterocycles. The third-order valence-electron chi connectivity index (χ3n) is 7.33. The van der Waals surface area contributed by atoms with E-state index in [-0.39, 0.29) is 29.4 Å². The Morgan fingerprint density at radius 1 is 1.19 bits per heavy atom. The van der Waals surface area contributed by atoms with Crippen LogP contribution in [0.2, 0.25) is 0 Å². The number of amides is 1. The van der Waals surface area contributed by atoms with Crippen LogP contribution in [0.3, 0.4) is 0 Å². The summed E-state index contributed by atoms with van der Waals surface area (Å²) in [6.07, 6.45) is 4.76. The second-order valence-electron chi connectivity index (χ2n) is 10.9. The first-order valence-electron chi connectivity index (χ1n) is 12.0. The number of β-amino-alcohol motifs (C(OH)–C–C–N with tert-alkyl or cyclic N) is 1. The van der Waals surface area contributed by atoms with Crippen LogP contribution in [0.4, 0.5) is 0 Å². The lowest BCUT2D eigenvalue weighted by molar-refractivity contribution is 0.0731. The van der Waals surface area contributed by atoms with Crippen LogP contribution in [0.25, 0.3) is 11.4 Å². The first-order chi connectivity index (χ1) is 15.2. The Labute approximate surface area is 192 Å². The molecule has 1 atom stereocenters. The summed E-state index contributed by atoms with van der Waals surface area (Å²) >= 11 is 0. The number of hydrogen-bond acceptors (Lipinski definition) is 4. The van der Waals surface area contributed by atoms with E-state index in [0.717, 1.165) is 43.0 Å². The van der Waals surface area contributed by atoms with Gasteiger partial charge in [0.25, 0.3) is 5.91 Å². The van der Waals surface area contributed by atoms with Crippen molar-refractivity contribution < 1.29 is 9.90 Å². The summed E-state index contributed by atoms with van der Waals surface area (Å²) in [7, 11) is 0. The van der Waals surface area contributed by atoms with Crippen LogP contribution in [0, 0.1) is 10.8 Å². The minimum Gasteiger partial charge on any atom is -0.395 e. The molecule has 2 aliphatic rings. The van der Waals surface area contributed by atoms with Crippen molar-refractivity contribution in [3.05, 3.63) is 41.7 Å². The molecule has 1 aliphatic carbocycles. The number of nitrogens with zero attached hydrogens (tertiary/aromatic N) is 3. The monoisotopic (exact) mass is 438 g/mol. The number of imidazole rings is 1. The van der Waals surface area contributed by atoms with Gasteiger partial charge >= 0.3 is 0 Å². The lowest BCUT2D eigenvalue weighted by atomic mass is 9.68. The second-order valence-corrected chi connectivity index (χ2v) is 10.9. The molecule has 1 aliphatic heterocycles. The Bertz CT molecular complexity index is 939. The lowest BCUT2D eigenvalue weighted by Crippen LogP contribution is -2.53. The molecule has 6 heteroatoms. The van der Waals surface area contributed by atoms with E-state index in [0.29, 0.717) is 18.8 Å². The Morgan fingerprint density at radius 3 is 2.50 bits per heavy atom. The average Bonchev–Trinajstić information content (AvgIpc) is 3.36. The highest BCUT2D eigenvalue weighted by molar-refractivity contribution is 5.94. The highest BCUT2D eigenvalue weighted by atomic mass is 16.3. The van der Waals surface area contributed by atoms with Gasteiger partial charge in [-0.05, 0) is 23.7 Å². The zero-order valence-electron chi connectivity index (χ0n) is 20.0. The molecule has 1 aromatic carbocycles. The number of hydrogen-bond donors (Lipinski definition) is 2. The number of benzene rings is 1. The molecule has 1 aromatic heterocycles. The van der Waals surface area contributed by atoms with E-state index < -0.39 is 0 Å². The topological polar surface area (TPSA) is 70.4 Å². The number of carbonyl (C=O) groups is 1. The Balaban J connectivity index is 1.70. The first-order valence-corrected chi connectivity index (χ1v) is 12.0. The molecular formula is C26H38N4O2. The largest absolute Gasteiger partial charge is 0.395 e. The van der Waals surface area contributed by atoms with Gasteiger partial charge in [-0.1, -0.05) is 70.9 Å². The summed E-state index contributed by atoms with van der Waals surface area (Å²) in [5, 5.41) is 12.9. The molecule has 0 bridgehead atoms. The maximum Gasteiger partial charge on any atom is 0.272 e. The molecule has 2 N–H and O–H groups in total. The molecule has 0 spiro atoms. The van der Waals surface area contributed by atoms with Crippen molar-refractivity contribution >= 4 is 5.91 Å². The van der Waals surface area contributed by atoms with E-state index in [1.807, 2.05) is 18.2 Å². The lowest BCUT2D eigenvalue weighted by Gasteiger charge is -2.43. The van der Waals surface area contributed by atoms with Crippen molar-refractivity contribution in [2.24, 2.45) is 10.8 Å². The van der Waals surface area contributed by atoms with E-state index in [4.69, 9.17) is 4.98 Å². The highest BCUT2D eigenvalue weighted by Crippen LogP contribution is 2.46. The smallest absolute Gasteiger partial charge is 0.272 e. The summed E-state index contributed by atoms with van der Waals surface area (Å²) in [5.74, 6) is 0.781. The molecule has 2 aromatic rings. The van der Waals surface area contributed by atoms with Gasteiger partial charge in [0, 0.05) is 37.8 Å². The third kappa shape index (κ3) is 4.48. The second kappa shape index (κ2) is 8.99.